The number of hydrogen-bond acceptors (Lipinski definition) is 7. The van der Waals surface area contributed by atoms with Crippen LogP contribution < -0.4 is 5.32 Å². The van der Waals surface area contributed by atoms with E-state index in [0.29, 0.717) is 46.0 Å². The number of nitrogens with zero attached hydrogens (tertiary/aromatic N) is 3. The van der Waals surface area contributed by atoms with Crippen LogP contribution in [0, 0.1) is 0 Å². The summed E-state index contributed by atoms with van der Waals surface area (Å²) in [6.45, 7) is 1.22. The Morgan fingerprint density at radius 2 is 1.69 bits per heavy atom. The van der Waals surface area contributed by atoms with E-state index in [0.717, 1.165) is 19.3 Å². The van der Waals surface area contributed by atoms with Gasteiger partial charge in [-0.25, -0.2) is 13.4 Å². The first-order chi connectivity index (χ1) is 16.8. The molecule has 5 rings (SSSR count). The molecule has 2 aliphatic heterocycles. The highest BCUT2D eigenvalue weighted by Gasteiger charge is 2.34. The van der Waals surface area contributed by atoms with Gasteiger partial charge >= 0.3 is 0 Å². The summed E-state index contributed by atoms with van der Waals surface area (Å²) in [5.41, 5.74) is 1.38. The summed E-state index contributed by atoms with van der Waals surface area (Å²) in [7, 11) is -3.55. The van der Waals surface area contributed by atoms with Gasteiger partial charge in [-0.05, 0) is 49.6 Å². The molecule has 0 radical (unpaired) electrons. The van der Waals surface area contributed by atoms with E-state index >= 15 is 0 Å². The number of anilines is 1. The lowest BCUT2D eigenvalue weighted by Crippen LogP contribution is -2.35. The Labute approximate surface area is 206 Å². The second-order valence-electron chi connectivity index (χ2n) is 8.57. The van der Waals surface area contributed by atoms with Gasteiger partial charge in [0.2, 0.25) is 15.9 Å². The average Bonchev–Trinajstić information content (AvgIpc) is 3.37. The molecule has 0 unspecified atom stereocenters. The van der Waals surface area contributed by atoms with Crippen LogP contribution >= 0.6 is 11.3 Å². The minimum Gasteiger partial charge on any atom is -0.302 e. The van der Waals surface area contributed by atoms with E-state index in [9.17, 15) is 22.8 Å². The number of amides is 3. The largest absolute Gasteiger partial charge is 0.302 e. The molecule has 3 heterocycles. The van der Waals surface area contributed by atoms with Crippen LogP contribution in [0.2, 0.25) is 0 Å². The molecule has 182 valence electrons. The molecular formula is C24H24N4O5S2. The van der Waals surface area contributed by atoms with E-state index in [1.165, 1.54) is 20.5 Å². The van der Waals surface area contributed by atoms with E-state index in [-0.39, 0.29) is 35.6 Å². The average molecular weight is 513 g/mol. The third-order valence-corrected chi connectivity index (χ3v) is 9.05. The quantitative estimate of drug-likeness (QED) is 0.485. The molecule has 2 aromatic carbocycles. The second kappa shape index (κ2) is 9.48. The lowest BCUT2D eigenvalue weighted by molar-refractivity contribution is -0.116. The number of benzene rings is 2. The van der Waals surface area contributed by atoms with Crippen molar-refractivity contribution in [2.45, 2.75) is 37.0 Å². The lowest BCUT2D eigenvalue weighted by atomic mass is 10.1. The summed E-state index contributed by atoms with van der Waals surface area (Å²) in [5, 5.41) is 3.11. The highest BCUT2D eigenvalue weighted by Crippen LogP contribution is 2.30. The maximum Gasteiger partial charge on any atom is 0.261 e. The first-order valence-corrected chi connectivity index (χ1v) is 13.8. The van der Waals surface area contributed by atoms with Gasteiger partial charge in [-0.1, -0.05) is 29.9 Å². The van der Waals surface area contributed by atoms with E-state index in [4.69, 9.17) is 0 Å². The van der Waals surface area contributed by atoms with E-state index in [1.807, 2.05) is 0 Å². The number of carbonyl (C=O) groups excluding carboxylic acids is 3. The smallest absolute Gasteiger partial charge is 0.261 e. The van der Waals surface area contributed by atoms with Crippen LogP contribution in [0.25, 0.3) is 10.2 Å². The topological polar surface area (TPSA) is 117 Å². The molecule has 9 nitrogen and oxygen atoms in total. The first kappa shape index (κ1) is 23.6. The van der Waals surface area contributed by atoms with Gasteiger partial charge in [0.05, 0.1) is 26.2 Å². The number of thiazole rings is 1. The van der Waals surface area contributed by atoms with Crippen molar-refractivity contribution in [3.05, 3.63) is 53.6 Å². The van der Waals surface area contributed by atoms with E-state index in [2.05, 4.69) is 10.3 Å². The first-order valence-electron chi connectivity index (χ1n) is 11.5. The van der Waals surface area contributed by atoms with Gasteiger partial charge in [-0.2, -0.15) is 4.31 Å². The third kappa shape index (κ3) is 4.58. The van der Waals surface area contributed by atoms with Crippen LogP contribution in [-0.2, 0) is 14.8 Å². The Morgan fingerprint density at radius 1 is 1.00 bits per heavy atom. The summed E-state index contributed by atoms with van der Waals surface area (Å²) < 4.78 is 28.1. The fraction of sp³-hybridized carbons (Fsp3) is 0.333. The van der Waals surface area contributed by atoms with Crippen molar-refractivity contribution in [1.29, 1.82) is 0 Å². The van der Waals surface area contributed by atoms with Crippen LogP contribution in [0.1, 0.15) is 52.8 Å². The van der Waals surface area contributed by atoms with E-state index < -0.39 is 10.0 Å². The maximum atomic E-state index is 12.9. The van der Waals surface area contributed by atoms with Crippen molar-refractivity contribution < 1.29 is 22.8 Å². The number of nitrogens with one attached hydrogen (secondary N) is 1. The number of imide groups is 1. The molecule has 0 atom stereocenters. The van der Waals surface area contributed by atoms with Gasteiger partial charge in [0.15, 0.2) is 5.13 Å². The van der Waals surface area contributed by atoms with E-state index in [1.54, 1.807) is 42.5 Å². The molecule has 1 fully saturated rings. The highest BCUT2D eigenvalue weighted by molar-refractivity contribution is 7.89. The van der Waals surface area contributed by atoms with Crippen molar-refractivity contribution in [2.75, 3.05) is 25.0 Å². The van der Waals surface area contributed by atoms with Crippen LogP contribution in [0.3, 0.4) is 0 Å². The number of hydrogen-bond donors (Lipinski definition) is 1. The summed E-state index contributed by atoms with van der Waals surface area (Å²) in [6, 6.07) is 11.5. The SMILES string of the molecule is O=C(CCCN1C(=O)c2ccccc2C1=O)Nc1nc2ccc(S(=O)(=O)N3CCCCC3)cc2s1. The van der Waals surface area contributed by atoms with Gasteiger partial charge in [-0.15, -0.1) is 0 Å². The highest BCUT2D eigenvalue weighted by atomic mass is 32.2. The van der Waals surface area contributed by atoms with Crippen LogP contribution in [0.5, 0.6) is 0 Å². The Morgan fingerprint density at radius 3 is 2.37 bits per heavy atom. The molecule has 0 saturated carbocycles. The summed E-state index contributed by atoms with van der Waals surface area (Å²) in [6.07, 6.45) is 3.20. The molecule has 0 aliphatic carbocycles. The van der Waals surface area contributed by atoms with Gasteiger partial charge in [-0.3, -0.25) is 19.3 Å². The predicted octanol–water partition coefficient (Wildman–Crippen LogP) is 3.49. The number of rotatable bonds is 7. The summed E-state index contributed by atoms with van der Waals surface area (Å²) in [5.74, 6) is -0.971. The minimum absolute atomic E-state index is 0.109. The van der Waals surface area contributed by atoms with Crippen LogP contribution in [0.4, 0.5) is 5.13 Å². The molecular weight excluding hydrogens is 488 g/mol. The van der Waals surface area contributed by atoms with Crippen molar-refractivity contribution in [1.82, 2.24) is 14.2 Å². The number of fused-ring (bicyclic) bond motifs is 2. The number of carbonyl (C=O) groups is 3. The molecule has 0 bridgehead atoms. The van der Waals surface area contributed by atoms with Crippen molar-refractivity contribution in [2.24, 2.45) is 0 Å². The Bertz CT molecular complexity index is 1390. The zero-order chi connectivity index (χ0) is 24.6. The van der Waals surface area contributed by atoms with Crippen molar-refractivity contribution in [3.63, 3.8) is 0 Å². The monoisotopic (exact) mass is 512 g/mol. The zero-order valence-corrected chi connectivity index (χ0v) is 20.5. The molecule has 1 saturated heterocycles. The lowest BCUT2D eigenvalue weighted by Gasteiger charge is -2.25. The van der Waals surface area contributed by atoms with Crippen molar-refractivity contribution in [3.8, 4) is 0 Å². The van der Waals surface area contributed by atoms with Crippen LogP contribution in [-0.4, -0.2) is 60.0 Å². The fourth-order valence-corrected chi connectivity index (χ4v) is 6.93. The second-order valence-corrected chi connectivity index (χ2v) is 11.5. The number of sulfonamides is 1. The molecule has 1 N–H and O–H groups in total. The molecule has 3 amide bonds. The van der Waals surface area contributed by atoms with Crippen molar-refractivity contribution >= 4 is 54.4 Å². The minimum atomic E-state index is -3.55. The van der Waals surface area contributed by atoms with Gasteiger partial charge < -0.3 is 5.32 Å². The Hall–Kier alpha value is -3.15. The summed E-state index contributed by atoms with van der Waals surface area (Å²) >= 11 is 1.21. The Balaban J connectivity index is 1.19. The van der Waals surface area contributed by atoms with Gasteiger partial charge in [0, 0.05) is 26.1 Å². The Kier molecular flexibility index (Phi) is 6.39. The maximum absolute atomic E-state index is 12.9. The van der Waals surface area contributed by atoms with Gasteiger partial charge in [0.25, 0.3) is 11.8 Å². The molecule has 3 aromatic rings. The third-order valence-electron chi connectivity index (χ3n) is 6.22. The number of piperidine rings is 1. The fourth-order valence-electron chi connectivity index (χ4n) is 4.39. The standard InChI is InChI=1S/C24H24N4O5S2/c29-21(9-6-14-28-22(30)17-7-2-3-8-18(17)23(28)31)26-24-25-19-11-10-16(15-20(19)34-24)35(32,33)27-12-4-1-5-13-27/h2-3,7-8,10-11,15H,1,4-6,9,12-14H2,(H,25,26,29). The van der Waals surface area contributed by atoms with Gasteiger partial charge in [0.1, 0.15) is 0 Å². The molecule has 1 aromatic heterocycles. The predicted molar refractivity (Wildman–Crippen MR) is 132 cm³/mol. The number of aromatic nitrogens is 1. The van der Waals surface area contributed by atoms with Crippen LogP contribution in [0.15, 0.2) is 47.4 Å². The molecule has 2 aliphatic rings. The normalized spacial score (nSPS) is 16.6. The summed E-state index contributed by atoms with van der Waals surface area (Å²) in [4.78, 5) is 43.1. The molecule has 11 heteroatoms. The zero-order valence-electron chi connectivity index (χ0n) is 18.9. The molecule has 35 heavy (non-hydrogen) atoms. The molecule has 0 spiro atoms.